The maximum Gasteiger partial charge on any atom is 0.163 e. The molecule has 21 heavy (non-hydrogen) atoms. The highest BCUT2D eigenvalue weighted by molar-refractivity contribution is 5.55. The number of anilines is 1. The van der Waals surface area contributed by atoms with Gasteiger partial charge in [0.2, 0.25) is 0 Å². The maximum absolute atomic E-state index is 5.71. The summed E-state index contributed by atoms with van der Waals surface area (Å²) < 4.78 is 13.4. The Labute approximate surface area is 124 Å². The molecule has 1 aliphatic rings. The monoisotopic (exact) mass is 287 g/mol. The quantitative estimate of drug-likeness (QED) is 0.939. The molecule has 0 fully saturated rings. The van der Waals surface area contributed by atoms with E-state index in [0.717, 1.165) is 49.0 Å². The zero-order valence-electron chi connectivity index (χ0n) is 12.6. The molecule has 0 aliphatic carbocycles. The van der Waals surface area contributed by atoms with Crippen LogP contribution >= 0.6 is 0 Å². The van der Waals surface area contributed by atoms with Crippen LogP contribution < -0.4 is 14.8 Å². The number of rotatable bonds is 4. The number of fused-ring (bicyclic) bond motifs is 1. The van der Waals surface area contributed by atoms with Gasteiger partial charge in [-0.05, 0) is 32.0 Å². The topological polar surface area (TPSA) is 48.3 Å². The van der Waals surface area contributed by atoms with Gasteiger partial charge in [0.25, 0.3) is 0 Å². The van der Waals surface area contributed by atoms with Crippen molar-refractivity contribution < 1.29 is 9.47 Å². The number of aromatic nitrogens is 2. The first kappa shape index (κ1) is 13.8. The van der Waals surface area contributed by atoms with Crippen molar-refractivity contribution in [3.8, 4) is 11.5 Å². The molecular weight excluding hydrogens is 266 g/mol. The SMILES string of the molecule is CCn1nc(C)cc1CNc1ccc2c(c1)OCCCO2. The summed E-state index contributed by atoms with van der Waals surface area (Å²) in [6, 6.07) is 8.10. The lowest BCUT2D eigenvalue weighted by Crippen LogP contribution is -2.08. The normalized spacial score (nSPS) is 13.8. The van der Waals surface area contributed by atoms with E-state index in [1.54, 1.807) is 0 Å². The molecule has 3 rings (SSSR count). The number of hydrogen-bond acceptors (Lipinski definition) is 4. The van der Waals surface area contributed by atoms with E-state index in [1.165, 1.54) is 5.69 Å². The predicted octanol–water partition coefficient (Wildman–Crippen LogP) is 2.98. The van der Waals surface area contributed by atoms with Crippen LogP contribution in [0.4, 0.5) is 5.69 Å². The van der Waals surface area contributed by atoms with Gasteiger partial charge in [-0.25, -0.2) is 0 Å². The lowest BCUT2D eigenvalue weighted by molar-refractivity contribution is 0.297. The van der Waals surface area contributed by atoms with E-state index in [2.05, 4.69) is 23.4 Å². The van der Waals surface area contributed by atoms with Gasteiger partial charge in [0.1, 0.15) is 0 Å². The van der Waals surface area contributed by atoms with Crippen molar-refractivity contribution in [1.29, 1.82) is 0 Å². The van der Waals surface area contributed by atoms with Crippen LogP contribution in [0.2, 0.25) is 0 Å². The zero-order chi connectivity index (χ0) is 14.7. The Balaban J connectivity index is 1.71. The van der Waals surface area contributed by atoms with Gasteiger partial charge in [-0.3, -0.25) is 4.68 Å². The molecule has 2 aromatic rings. The number of nitrogens with zero attached hydrogens (tertiary/aromatic N) is 2. The second-order valence-electron chi connectivity index (χ2n) is 5.16. The van der Waals surface area contributed by atoms with E-state index in [9.17, 15) is 0 Å². The van der Waals surface area contributed by atoms with Gasteiger partial charge < -0.3 is 14.8 Å². The van der Waals surface area contributed by atoms with Crippen molar-refractivity contribution in [2.45, 2.75) is 33.4 Å². The Hall–Kier alpha value is -2.17. The minimum absolute atomic E-state index is 0.707. The second kappa shape index (κ2) is 6.08. The van der Waals surface area contributed by atoms with Crippen molar-refractivity contribution >= 4 is 5.69 Å². The van der Waals surface area contributed by atoms with Gasteiger partial charge in [-0.15, -0.1) is 0 Å². The Morgan fingerprint density at radius 2 is 2.00 bits per heavy atom. The summed E-state index contributed by atoms with van der Waals surface area (Å²) in [5.41, 5.74) is 3.26. The lowest BCUT2D eigenvalue weighted by Gasteiger charge is -2.11. The summed E-state index contributed by atoms with van der Waals surface area (Å²) in [6.45, 7) is 7.17. The molecule has 1 aromatic heterocycles. The molecule has 0 bridgehead atoms. The van der Waals surface area contributed by atoms with Crippen LogP contribution in [0.1, 0.15) is 24.7 Å². The third-order valence-corrected chi connectivity index (χ3v) is 3.51. The molecule has 1 N–H and O–H groups in total. The molecule has 0 spiro atoms. The first-order valence-corrected chi connectivity index (χ1v) is 7.43. The van der Waals surface area contributed by atoms with Crippen LogP contribution in [-0.2, 0) is 13.1 Å². The van der Waals surface area contributed by atoms with E-state index in [0.29, 0.717) is 6.61 Å². The molecule has 0 amide bonds. The molecular formula is C16H21N3O2. The fourth-order valence-corrected chi connectivity index (χ4v) is 2.48. The largest absolute Gasteiger partial charge is 0.490 e. The molecule has 0 unspecified atom stereocenters. The molecule has 0 saturated heterocycles. The first-order chi connectivity index (χ1) is 10.3. The van der Waals surface area contributed by atoms with Crippen LogP contribution in [0.5, 0.6) is 11.5 Å². The van der Waals surface area contributed by atoms with Crippen LogP contribution in [0, 0.1) is 6.92 Å². The predicted molar refractivity (Wildman–Crippen MR) is 82.0 cm³/mol. The second-order valence-corrected chi connectivity index (χ2v) is 5.16. The first-order valence-electron chi connectivity index (χ1n) is 7.43. The van der Waals surface area contributed by atoms with E-state index in [4.69, 9.17) is 9.47 Å². The molecule has 5 heteroatoms. The van der Waals surface area contributed by atoms with Crippen LogP contribution in [-0.4, -0.2) is 23.0 Å². The van der Waals surface area contributed by atoms with Gasteiger partial charge in [0.15, 0.2) is 11.5 Å². The van der Waals surface area contributed by atoms with E-state index in [1.807, 2.05) is 29.8 Å². The van der Waals surface area contributed by atoms with Gasteiger partial charge in [0.05, 0.1) is 31.1 Å². The Bertz CT molecular complexity index is 622. The third kappa shape index (κ3) is 3.12. The number of hydrogen-bond donors (Lipinski definition) is 1. The van der Waals surface area contributed by atoms with Crippen LogP contribution in [0.15, 0.2) is 24.3 Å². The summed E-state index contributed by atoms with van der Waals surface area (Å²) in [5.74, 6) is 1.64. The molecule has 112 valence electrons. The molecule has 1 aliphatic heterocycles. The Kier molecular flexibility index (Phi) is 3.99. The molecule has 0 saturated carbocycles. The number of ether oxygens (including phenoxy) is 2. The Morgan fingerprint density at radius 3 is 2.81 bits per heavy atom. The highest BCUT2D eigenvalue weighted by Crippen LogP contribution is 2.32. The zero-order valence-corrected chi connectivity index (χ0v) is 12.6. The highest BCUT2D eigenvalue weighted by atomic mass is 16.5. The third-order valence-electron chi connectivity index (χ3n) is 3.51. The fourth-order valence-electron chi connectivity index (χ4n) is 2.48. The van der Waals surface area contributed by atoms with Crippen molar-refractivity contribution in [3.63, 3.8) is 0 Å². The highest BCUT2D eigenvalue weighted by Gasteiger charge is 2.11. The van der Waals surface area contributed by atoms with E-state index >= 15 is 0 Å². The minimum atomic E-state index is 0.707. The van der Waals surface area contributed by atoms with E-state index in [-0.39, 0.29) is 0 Å². The average molecular weight is 287 g/mol. The van der Waals surface area contributed by atoms with Crippen molar-refractivity contribution in [1.82, 2.24) is 9.78 Å². The fraction of sp³-hybridized carbons (Fsp3) is 0.438. The smallest absolute Gasteiger partial charge is 0.163 e. The van der Waals surface area contributed by atoms with Crippen LogP contribution in [0.3, 0.4) is 0 Å². The summed E-state index contributed by atoms with van der Waals surface area (Å²) >= 11 is 0. The van der Waals surface area contributed by atoms with Gasteiger partial charge in [-0.2, -0.15) is 5.10 Å². The molecule has 0 atom stereocenters. The van der Waals surface area contributed by atoms with Crippen molar-refractivity contribution in [2.75, 3.05) is 18.5 Å². The average Bonchev–Trinajstić information content (AvgIpc) is 2.70. The van der Waals surface area contributed by atoms with Gasteiger partial charge >= 0.3 is 0 Å². The number of benzene rings is 1. The van der Waals surface area contributed by atoms with Gasteiger partial charge in [0, 0.05) is 24.7 Å². The lowest BCUT2D eigenvalue weighted by atomic mass is 10.2. The van der Waals surface area contributed by atoms with Crippen molar-refractivity contribution in [3.05, 3.63) is 35.7 Å². The molecule has 0 radical (unpaired) electrons. The minimum Gasteiger partial charge on any atom is -0.490 e. The van der Waals surface area contributed by atoms with Gasteiger partial charge in [-0.1, -0.05) is 0 Å². The molecule has 1 aromatic carbocycles. The maximum atomic E-state index is 5.71. The molecule has 2 heterocycles. The Morgan fingerprint density at radius 1 is 1.19 bits per heavy atom. The standard InChI is InChI=1S/C16H21N3O2/c1-3-19-14(9-12(2)18-19)11-17-13-5-6-15-16(10-13)21-8-4-7-20-15/h5-6,9-10,17H,3-4,7-8,11H2,1-2H3. The summed E-state index contributed by atoms with van der Waals surface area (Å²) in [5, 5.41) is 7.88. The number of nitrogens with one attached hydrogen (secondary N) is 1. The van der Waals surface area contributed by atoms with E-state index < -0.39 is 0 Å². The summed E-state index contributed by atoms with van der Waals surface area (Å²) in [4.78, 5) is 0. The molecule has 5 nitrogen and oxygen atoms in total. The van der Waals surface area contributed by atoms with Crippen LogP contribution in [0.25, 0.3) is 0 Å². The summed E-state index contributed by atoms with van der Waals surface area (Å²) in [7, 11) is 0. The summed E-state index contributed by atoms with van der Waals surface area (Å²) in [6.07, 6.45) is 0.923. The number of aryl methyl sites for hydroxylation is 2. The van der Waals surface area contributed by atoms with Crippen molar-refractivity contribution in [2.24, 2.45) is 0 Å².